The number of halogens is 2. The number of nitrogens with zero attached hydrogens (tertiary/aromatic N) is 3. The number of rotatable bonds is 8. The third kappa shape index (κ3) is 7.26. The average molecular weight is 414 g/mol. The van der Waals surface area contributed by atoms with E-state index in [1.54, 1.807) is 20.2 Å². The number of nitrogens with one attached hydrogen (secondary N) is 2. The summed E-state index contributed by atoms with van der Waals surface area (Å²) in [4.78, 5) is 20.5. The summed E-state index contributed by atoms with van der Waals surface area (Å²) in [6.07, 6.45) is 0.680. The normalized spacial score (nSPS) is 15.6. The minimum Gasteiger partial charge on any atom is -0.383 e. The molecule has 1 aliphatic heterocycles. The Labute approximate surface area is 170 Å². The third-order valence-electron chi connectivity index (χ3n) is 4.57. The molecule has 0 unspecified atom stereocenters. The van der Waals surface area contributed by atoms with Gasteiger partial charge in [0.15, 0.2) is 5.96 Å². The molecule has 0 radical (unpaired) electrons. The Kier molecular flexibility index (Phi) is 9.46. The maximum atomic E-state index is 13.1. The molecule has 1 amide bonds. The van der Waals surface area contributed by atoms with E-state index in [2.05, 4.69) is 25.4 Å². The molecular formula is C19H29ClFN5O2. The second kappa shape index (κ2) is 11.8. The molecule has 1 saturated heterocycles. The van der Waals surface area contributed by atoms with Crippen LogP contribution in [0.15, 0.2) is 23.2 Å². The standard InChI is InChI=1S/C19H29ClFN5O2/c1-22-19(24-6-5-15-3-4-16(21)13-17(15)20)26-10-8-25(9-11-26)14-18(27)23-7-12-28-2/h3-4,13H,5-12,14H2,1-2H3,(H,22,24)(H,23,27). The number of amides is 1. The van der Waals surface area contributed by atoms with Crippen molar-refractivity contribution in [1.29, 1.82) is 0 Å². The van der Waals surface area contributed by atoms with Crippen LogP contribution in [-0.2, 0) is 16.0 Å². The predicted molar refractivity (Wildman–Crippen MR) is 109 cm³/mol. The lowest BCUT2D eigenvalue weighted by atomic mass is 10.1. The number of aliphatic imine (C=N–C) groups is 1. The number of methoxy groups -OCH3 is 1. The molecule has 2 N–H and O–H groups in total. The first-order valence-electron chi connectivity index (χ1n) is 9.41. The molecule has 1 aliphatic rings. The molecule has 0 bridgehead atoms. The summed E-state index contributed by atoms with van der Waals surface area (Å²) in [5.41, 5.74) is 0.898. The first-order chi connectivity index (χ1) is 13.5. The van der Waals surface area contributed by atoms with Crippen LogP contribution < -0.4 is 10.6 Å². The first-order valence-corrected chi connectivity index (χ1v) is 9.78. The van der Waals surface area contributed by atoms with Gasteiger partial charge in [0.1, 0.15) is 5.82 Å². The Bertz CT molecular complexity index is 666. The lowest BCUT2D eigenvalue weighted by Gasteiger charge is -2.36. The highest BCUT2D eigenvalue weighted by molar-refractivity contribution is 6.31. The largest absolute Gasteiger partial charge is 0.383 e. The summed E-state index contributed by atoms with van der Waals surface area (Å²) < 4.78 is 18.1. The van der Waals surface area contributed by atoms with Crippen LogP contribution >= 0.6 is 11.6 Å². The number of ether oxygens (including phenoxy) is 1. The molecule has 1 aromatic carbocycles. The zero-order chi connectivity index (χ0) is 20.4. The zero-order valence-corrected chi connectivity index (χ0v) is 17.3. The van der Waals surface area contributed by atoms with Gasteiger partial charge in [0.05, 0.1) is 13.2 Å². The molecule has 9 heteroatoms. The molecule has 0 aromatic heterocycles. The van der Waals surface area contributed by atoms with Gasteiger partial charge < -0.3 is 20.3 Å². The van der Waals surface area contributed by atoms with E-state index in [-0.39, 0.29) is 11.7 Å². The topological polar surface area (TPSA) is 69.2 Å². The SMILES string of the molecule is CN=C(NCCc1ccc(F)cc1Cl)N1CCN(CC(=O)NCCOC)CC1. The van der Waals surface area contributed by atoms with Gasteiger partial charge in [-0.1, -0.05) is 17.7 Å². The fourth-order valence-electron chi connectivity index (χ4n) is 3.03. The molecule has 0 spiro atoms. The lowest BCUT2D eigenvalue weighted by Crippen LogP contribution is -2.54. The van der Waals surface area contributed by atoms with Gasteiger partial charge in [-0.25, -0.2) is 4.39 Å². The third-order valence-corrected chi connectivity index (χ3v) is 4.92. The number of piperazine rings is 1. The Balaban J connectivity index is 1.72. The zero-order valence-electron chi connectivity index (χ0n) is 16.5. The van der Waals surface area contributed by atoms with Gasteiger partial charge in [-0.15, -0.1) is 0 Å². The molecule has 0 atom stereocenters. The molecule has 0 aliphatic carbocycles. The van der Waals surface area contributed by atoms with Crippen LogP contribution in [0.1, 0.15) is 5.56 Å². The predicted octanol–water partition coefficient (Wildman–Crippen LogP) is 0.977. The number of carbonyl (C=O) groups excluding carboxylic acids is 1. The van der Waals surface area contributed by atoms with Crippen molar-refractivity contribution in [3.63, 3.8) is 0 Å². The smallest absolute Gasteiger partial charge is 0.234 e. The molecule has 1 heterocycles. The molecule has 7 nitrogen and oxygen atoms in total. The van der Waals surface area contributed by atoms with E-state index in [0.29, 0.717) is 37.7 Å². The minimum absolute atomic E-state index is 0.0178. The summed E-state index contributed by atoms with van der Waals surface area (Å²) in [6.45, 7) is 5.27. The number of guanidine groups is 1. The number of benzene rings is 1. The van der Waals surface area contributed by atoms with Crippen LogP contribution in [0.3, 0.4) is 0 Å². The van der Waals surface area contributed by atoms with Crippen LogP contribution in [0.2, 0.25) is 5.02 Å². The fourth-order valence-corrected chi connectivity index (χ4v) is 3.30. The van der Waals surface area contributed by atoms with Crippen LogP contribution in [0.4, 0.5) is 4.39 Å². The minimum atomic E-state index is -0.331. The average Bonchev–Trinajstić information content (AvgIpc) is 2.68. The van der Waals surface area contributed by atoms with Gasteiger partial charge in [-0.2, -0.15) is 0 Å². The van der Waals surface area contributed by atoms with Crippen LogP contribution in [0, 0.1) is 5.82 Å². The number of hydrogen-bond acceptors (Lipinski definition) is 4. The van der Waals surface area contributed by atoms with Crippen LogP contribution in [-0.4, -0.2) is 88.2 Å². The lowest BCUT2D eigenvalue weighted by molar-refractivity contribution is -0.122. The van der Waals surface area contributed by atoms with Crippen LogP contribution in [0.25, 0.3) is 0 Å². The van der Waals surface area contributed by atoms with Gasteiger partial charge >= 0.3 is 0 Å². The summed E-state index contributed by atoms with van der Waals surface area (Å²) in [5.74, 6) is 0.509. The molecule has 28 heavy (non-hydrogen) atoms. The van der Waals surface area contributed by atoms with Gasteiger partial charge in [0.2, 0.25) is 5.91 Å². The molecule has 0 saturated carbocycles. The number of carbonyl (C=O) groups is 1. The summed E-state index contributed by atoms with van der Waals surface area (Å²) in [7, 11) is 3.36. The maximum Gasteiger partial charge on any atom is 0.234 e. The van der Waals surface area contributed by atoms with E-state index in [0.717, 1.165) is 37.7 Å². The maximum absolute atomic E-state index is 13.1. The molecular weight excluding hydrogens is 385 g/mol. The van der Waals surface area contributed by atoms with Gasteiger partial charge in [0.25, 0.3) is 0 Å². The van der Waals surface area contributed by atoms with E-state index in [4.69, 9.17) is 16.3 Å². The summed E-state index contributed by atoms with van der Waals surface area (Å²) >= 11 is 6.07. The summed E-state index contributed by atoms with van der Waals surface area (Å²) in [5, 5.41) is 6.61. The second-order valence-electron chi connectivity index (χ2n) is 6.57. The van der Waals surface area contributed by atoms with Gasteiger partial charge in [-0.05, 0) is 24.1 Å². The van der Waals surface area contributed by atoms with E-state index in [1.165, 1.54) is 12.1 Å². The quantitative estimate of drug-likeness (QED) is 0.378. The van der Waals surface area contributed by atoms with E-state index < -0.39 is 0 Å². The van der Waals surface area contributed by atoms with Crippen molar-refractivity contribution >= 4 is 23.5 Å². The van der Waals surface area contributed by atoms with Crippen molar-refractivity contribution in [2.24, 2.45) is 4.99 Å². The molecule has 1 aromatic rings. The second-order valence-corrected chi connectivity index (χ2v) is 6.97. The fraction of sp³-hybridized carbons (Fsp3) is 0.579. The Morgan fingerprint density at radius 1 is 1.25 bits per heavy atom. The van der Waals surface area contributed by atoms with Crippen molar-refractivity contribution in [3.8, 4) is 0 Å². The highest BCUT2D eigenvalue weighted by atomic mass is 35.5. The highest BCUT2D eigenvalue weighted by Gasteiger charge is 2.21. The molecule has 1 fully saturated rings. The molecule has 156 valence electrons. The van der Waals surface area contributed by atoms with Gasteiger partial charge in [0, 0.05) is 58.4 Å². The highest BCUT2D eigenvalue weighted by Crippen LogP contribution is 2.17. The molecule has 2 rings (SSSR count). The van der Waals surface area contributed by atoms with Crippen molar-refractivity contribution in [1.82, 2.24) is 20.4 Å². The van der Waals surface area contributed by atoms with Crippen molar-refractivity contribution < 1.29 is 13.9 Å². The van der Waals surface area contributed by atoms with Crippen molar-refractivity contribution in [2.45, 2.75) is 6.42 Å². The van der Waals surface area contributed by atoms with E-state index in [9.17, 15) is 9.18 Å². The monoisotopic (exact) mass is 413 g/mol. The summed E-state index contributed by atoms with van der Waals surface area (Å²) in [6, 6.07) is 4.45. The van der Waals surface area contributed by atoms with E-state index >= 15 is 0 Å². The van der Waals surface area contributed by atoms with E-state index in [1.807, 2.05) is 0 Å². The Morgan fingerprint density at radius 3 is 2.64 bits per heavy atom. The van der Waals surface area contributed by atoms with Crippen molar-refractivity contribution in [3.05, 3.63) is 34.6 Å². The van der Waals surface area contributed by atoms with Crippen LogP contribution in [0.5, 0.6) is 0 Å². The van der Waals surface area contributed by atoms with Crippen molar-refractivity contribution in [2.75, 3.05) is 66.6 Å². The first kappa shape index (κ1) is 22.4. The Hall–Kier alpha value is -1.90. The Morgan fingerprint density at radius 2 is 2.00 bits per heavy atom. The number of hydrogen-bond donors (Lipinski definition) is 2. The van der Waals surface area contributed by atoms with Gasteiger partial charge in [-0.3, -0.25) is 14.7 Å².